The number of aromatic nitrogens is 4. The molecule has 1 atom stereocenters. The van der Waals surface area contributed by atoms with Crippen LogP contribution in [0.15, 0.2) is 64.2 Å². The lowest BCUT2D eigenvalue weighted by atomic mass is 10.1. The van der Waals surface area contributed by atoms with E-state index >= 15 is 0 Å². The Kier molecular flexibility index (Phi) is 5.20. The summed E-state index contributed by atoms with van der Waals surface area (Å²) < 4.78 is 9.62. The molecule has 2 aromatic heterocycles. The predicted molar refractivity (Wildman–Crippen MR) is 126 cm³/mol. The second-order valence-electron chi connectivity index (χ2n) is 8.45. The minimum absolute atomic E-state index is 0.176. The van der Waals surface area contributed by atoms with Crippen LogP contribution in [-0.4, -0.2) is 36.3 Å². The molecule has 0 saturated heterocycles. The first-order valence-corrected chi connectivity index (χ1v) is 10.9. The fourth-order valence-electron chi connectivity index (χ4n) is 4.32. The molecule has 0 unspecified atom stereocenters. The highest BCUT2D eigenvalue weighted by Crippen LogP contribution is 2.34. The maximum Gasteiger partial charge on any atom is 0.333 e. The van der Waals surface area contributed by atoms with E-state index in [0.29, 0.717) is 24.8 Å². The summed E-state index contributed by atoms with van der Waals surface area (Å²) in [6.45, 7) is 2.55. The van der Waals surface area contributed by atoms with Crippen molar-refractivity contribution in [2.45, 2.75) is 20.0 Å². The second-order valence-corrected chi connectivity index (χ2v) is 8.45. The number of aryl methyl sites for hydroxylation is 1. The maximum atomic E-state index is 13.1. The summed E-state index contributed by atoms with van der Waals surface area (Å²) in [5, 5.41) is 9.17. The van der Waals surface area contributed by atoms with Gasteiger partial charge in [0.1, 0.15) is 18.0 Å². The molecule has 0 spiro atoms. The van der Waals surface area contributed by atoms with E-state index in [2.05, 4.69) is 11.9 Å². The fourth-order valence-corrected chi connectivity index (χ4v) is 4.32. The quantitative estimate of drug-likeness (QED) is 0.486. The van der Waals surface area contributed by atoms with Gasteiger partial charge in [0.25, 0.3) is 5.56 Å². The van der Waals surface area contributed by atoms with E-state index in [0.717, 1.165) is 16.0 Å². The summed E-state index contributed by atoms with van der Waals surface area (Å²) in [6, 6.07) is 17.1. The Hall–Kier alpha value is -4.34. The van der Waals surface area contributed by atoms with Gasteiger partial charge < -0.3 is 19.3 Å². The lowest BCUT2D eigenvalue weighted by Gasteiger charge is -2.33. The van der Waals surface area contributed by atoms with Gasteiger partial charge in [-0.3, -0.25) is 14.2 Å². The highest BCUT2D eigenvalue weighted by atomic mass is 16.5. The molecule has 10 nitrogen and oxygen atoms in total. The molecule has 4 aromatic rings. The van der Waals surface area contributed by atoms with E-state index in [9.17, 15) is 14.4 Å². The van der Waals surface area contributed by atoms with E-state index in [-0.39, 0.29) is 17.1 Å². The Bertz CT molecular complexity index is 1500. The number of anilines is 2. The lowest BCUT2D eigenvalue weighted by molar-refractivity contribution is -0.137. The van der Waals surface area contributed by atoms with Crippen LogP contribution >= 0.6 is 0 Å². The summed E-state index contributed by atoms with van der Waals surface area (Å²) in [4.78, 5) is 43.6. The lowest BCUT2D eigenvalue weighted by Crippen LogP contribution is -2.41. The maximum absolute atomic E-state index is 13.1. The number of benzene rings is 2. The Morgan fingerprint density at radius 2 is 1.74 bits per heavy atom. The molecule has 3 heterocycles. The molecule has 1 aliphatic rings. The highest BCUT2D eigenvalue weighted by Gasteiger charge is 2.30. The summed E-state index contributed by atoms with van der Waals surface area (Å²) in [6.07, 6.45) is 0. The Morgan fingerprint density at radius 3 is 2.41 bits per heavy atom. The number of rotatable bonds is 5. The number of hydrogen-bond donors (Lipinski definition) is 1. The SMILES string of the molecule is C[C@@H]1CN(c2ccc(Oc3ccccc3)cc2)c2nc3c(c(=O)n(CC(=O)O)c(=O)n3C)n2C1. The zero-order valence-corrected chi connectivity index (χ0v) is 18.7. The smallest absolute Gasteiger partial charge is 0.333 e. The topological polar surface area (TPSA) is 112 Å². The van der Waals surface area contributed by atoms with Crippen LogP contribution in [0.5, 0.6) is 11.5 Å². The van der Waals surface area contributed by atoms with Crippen LogP contribution in [0.1, 0.15) is 6.92 Å². The zero-order chi connectivity index (χ0) is 24.0. The van der Waals surface area contributed by atoms with Gasteiger partial charge in [0.05, 0.1) is 0 Å². The number of carboxylic acids is 1. The molecule has 0 bridgehead atoms. The van der Waals surface area contributed by atoms with Crippen LogP contribution in [-0.2, 0) is 24.9 Å². The number of carbonyl (C=O) groups is 1. The van der Waals surface area contributed by atoms with Crippen LogP contribution in [0.4, 0.5) is 11.6 Å². The van der Waals surface area contributed by atoms with Gasteiger partial charge in [-0.2, -0.15) is 4.98 Å². The summed E-state index contributed by atoms with van der Waals surface area (Å²) in [5.74, 6) is 0.874. The number of para-hydroxylation sites is 1. The van der Waals surface area contributed by atoms with Gasteiger partial charge in [0, 0.05) is 25.8 Å². The first-order valence-electron chi connectivity index (χ1n) is 10.9. The monoisotopic (exact) mass is 461 g/mol. The van der Waals surface area contributed by atoms with Crippen molar-refractivity contribution < 1.29 is 14.6 Å². The van der Waals surface area contributed by atoms with Gasteiger partial charge in [-0.25, -0.2) is 9.36 Å². The largest absolute Gasteiger partial charge is 0.480 e. The van der Waals surface area contributed by atoms with Crippen molar-refractivity contribution in [1.29, 1.82) is 0 Å². The number of nitrogens with zero attached hydrogens (tertiary/aromatic N) is 5. The van der Waals surface area contributed by atoms with Crippen LogP contribution in [0, 0.1) is 5.92 Å². The molecule has 0 radical (unpaired) electrons. The number of imidazole rings is 1. The molecule has 2 aromatic carbocycles. The third-order valence-electron chi connectivity index (χ3n) is 5.86. The Balaban J connectivity index is 1.58. The number of carboxylic acid groups (broad SMARTS) is 1. The Labute approximate surface area is 193 Å². The van der Waals surface area contributed by atoms with Crippen molar-refractivity contribution in [3.63, 3.8) is 0 Å². The third-order valence-corrected chi connectivity index (χ3v) is 5.86. The molecule has 0 amide bonds. The standard InChI is InChI=1S/C24H23N5O5/c1-15-12-27(16-8-10-18(11-9-16)34-17-6-4-3-5-7-17)23-25-21-20(28(23)13-15)22(32)29(14-19(30)31)24(33)26(21)2/h3-11,15H,12-14H2,1-2H3,(H,30,31)/t15-/m1/s1. The molecule has 1 N–H and O–H groups in total. The van der Waals surface area contributed by atoms with Crippen molar-refractivity contribution in [1.82, 2.24) is 18.7 Å². The molecule has 0 saturated carbocycles. The van der Waals surface area contributed by atoms with Gasteiger partial charge in [-0.1, -0.05) is 25.1 Å². The number of hydrogen-bond acceptors (Lipinski definition) is 6. The average Bonchev–Trinajstić information content (AvgIpc) is 3.20. The van der Waals surface area contributed by atoms with Crippen molar-refractivity contribution in [2.24, 2.45) is 13.0 Å². The molecule has 174 valence electrons. The summed E-state index contributed by atoms with van der Waals surface area (Å²) in [5.41, 5.74) is -0.0506. The van der Waals surface area contributed by atoms with Crippen molar-refractivity contribution in [2.75, 3.05) is 11.4 Å². The first kappa shape index (κ1) is 21.5. The van der Waals surface area contributed by atoms with Gasteiger partial charge >= 0.3 is 11.7 Å². The minimum atomic E-state index is -1.26. The molecule has 1 aliphatic heterocycles. The number of ether oxygens (including phenoxy) is 1. The minimum Gasteiger partial charge on any atom is -0.480 e. The molecule has 0 aliphatic carbocycles. The second kappa shape index (κ2) is 8.22. The van der Waals surface area contributed by atoms with E-state index in [1.807, 2.05) is 59.5 Å². The van der Waals surface area contributed by atoms with Crippen molar-refractivity contribution in [3.05, 3.63) is 75.4 Å². The van der Waals surface area contributed by atoms with E-state index in [4.69, 9.17) is 9.84 Å². The fraction of sp³-hybridized carbons (Fsp3) is 0.250. The molecular weight excluding hydrogens is 438 g/mol. The number of fused-ring (bicyclic) bond motifs is 3. The molecular formula is C24H23N5O5. The van der Waals surface area contributed by atoms with E-state index in [1.54, 1.807) is 4.57 Å². The molecule has 10 heteroatoms. The van der Waals surface area contributed by atoms with Crippen LogP contribution in [0.2, 0.25) is 0 Å². The van der Waals surface area contributed by atoms with Crippen molar-refractivity contribution in [3.8, 4) is 11.5 Å². The van der Waals surface area contributed by atoms with Crippen LogP contribution in [0.25, 0.3) is 11.2 Å². The van der Waals surface area contributed by atoms with Crippen LogP contribution < -0.4 is 20.9 Å². The van der Waals surface area contributed by atoms with Gasteiger partial charge in [0.2, 0.25) is 5.95 Å². The predicted octanol–water partition coefficient (Wildman–Crippen LogP) is 2.56. The Morgan fingerprint density at radius 1 is 1.06 bits per heavy atom. The number of aliphatic carboxylic acids is 1. The van der Waals surface area contributed by atoms with Gasteiger partial charge in [-0.15, -0.1) is 0 Å². The van der Waals surface area contributed by atoms with Gasteiger partial charge in [-0.05, 0) is 42.3 Å². The van der Waals surface area contributed by atoms with Crippen LogP contribution in [0.3, 0.4) is 0 Å². The summed E-state index contributed by atoms with van der Waals surface area (Å²) in [7, 11) is 1.49. The highest BCUT2D eigenvalue weighted by molar-refractivity contribution is 5.77. The molecule has 5 rings (SSSR count). The van der Waals surface area contributed by atoms with E-state index < -0.39 is 23.8 Å². The van der Waals surface area contributed by atoms with E-state index in [1.165, 1.54) is 11.6 Å². The van der Waals surface area contributed by atoms with Gasteiger partial charge in [0.15, 0.2) is 11.2 Å². The zero-order valence-electron chi connectivity index (χ0n) is 18.7. The first-order chi connectivity index (χ1) is 16.3. The molecule has 34 heavy (non-hydrogen) atoms. The third kappa shape index (κ3) is 3.62. The molecule has 0 fully saturated rings. The summed E-state index contributed by atoms with van der Waals surface area (Å²) >= 11 is 0. The average molecular weight is 461 g/mol. The van der Waals surface area contributed by atoms with Crippen molar-refractivity contribution >= 4 is 28.8 Å². The normalized spacial score (nSPS) is 15.4.